The SMILES string of the molecule is CN(CC1CCCN1C)C(=O)NCCOCC(=O)O. The highest BCUT2D eigenvalue weighted by Gasteiger charge is 2.23. The molecule has 0 saturated carbocycles. The lowest BCUT2D eigenvalue weighted by molar-refractivity contribution is -0.142. The first-order valence-electron chi connectivity index (χ1n) is 6.49. The summed E-state index contributed by atoms with van der Waals surface area (Å²) in [6, 6.07) is 0.276. The molecule has 7 nitrogen and oxygen atoms in total. The van der Waals surface area contributed by atoms with Crippen molar-refractivity contribution in [1.29, 1.82) is 0 Å². The zero-order chi connectivity index (χ0) is 14.3. The van der Waals surface area contributed by atoms with Crippen molar-refractivity contribution in [2.24, 2.45) is 0 Å². The summed E-state index contributed by atoms with van der Waals surface area (Å²) in [4.78, 5) is 25.9. The molecule has 1 saturated heterocycles. The van der Waals surface area contributed by atoms with Gasteiger partial charge in [0, 0.05) is 26.2 Å². The number of nitrogens with zero attached hydrogens (tertiary/aromatic N) is 2. The number of likely N-dealkylation sites (tertiary alicyclic amines) is 1. The fourth-order valence-corrected chi connectivity index (χ4v) is 2.13. The van der Waals surface area contributed by atoms with E-state index < -0.39 is 5.97 Å². The maximum Gasteiger partial charge on any atom is 0.329 e. The number of carboxylic acids is 1. The van der Waals surface area contributed by atoms with E-state index in [2.05, 4.69) is 17.3 Å². The Labute approximate surface area is 113 Å². The molecule has 1 aliphatic heterocycles. The van der Waals surface area contributed by atoms with Crippen molar-refractivity contribution in [3.63, 3.8) is 0 Å². The van der Waals surface area contributed by atoms with E-state index in [9.17, 15) is 9.59 Å². The summed E-state index contributed by atoms with van der Waals surface area (Å²) >= 11 is 0. The van der Waals surface area contributed by atoms with Gasteiger partial charge in [0.25, 0.3) is 0 Å². The molecule has 0 radical (unpaired) electrons. The summed E-state index contributed by atoms with van der Waals surface area (Å²) in [5.41, 5.74) is 0. The Kier molecular flexibility index (Phi) is 6.58. The summed E-state index contributed by atoms with van der Waals surface area (Å²) in [5.74, 6) is -1.01. The zero-order valence-corrected chi connectivity index (χ0v) is 11.6. The number of urea groups is 1. The zero-order valence-electron chi connectivity index (χ0n) is 11.6. The Morgan fingerprint density at radius 1 is 1.53 bits per heavy atom. The molecule has 7 heteroatoms. The lowest BCUT2D eigenvalue weighted by Crippen LogP contribution is -2.44. The molecule has 1 aliphatic rings. The molecule has 19 heavy (non-hydrogen) atoms. The highest BCUT2D eigenvalue weighted by Crippen LogP contribution is 2.15. The van der Waals surface area contributed by atoms with Crippen LogP contribution in [0.5, 0.6) is 0 Å². The van der Waals surface area contributed by atoms with Gasteiger partial charge in [-0.05, 0) is 26.4 Å². The Morgan fingerprint density at radius 2 is 2.26 bits per heavy atom. The second kappa shape index (κ2) is 7.96. The van der Waals surface area contributed by atoms with Crippen LogP contribution in [0.25, 0.3) is 0 Å². The van der Waals surface area contributed by atoms with Gasteiger partial charge in [-0.2, -0.15) is 0 Å². The Balaban J connectivity index is 2.12. The second-order valence-electron chi connectivity index (χ2n) is 4.84. The average Bonchev–Trinajstić information content (AvgIpc) is 2.74. The van der Waals surface area contributed by atoms with Gasteiger partial charge in [-0.1, -0.05) is 0 Å². The van der Waals surface area contributed by atoms with E-state index >= 15 is 0 Å². The van der Waals surface area contributed by atoms with Crippen LogP contribution in [0.1, 0.15) is 12.8 Å². The fourth-order valence-electron chi connectivity index (χ4n) is 2.13. The van der Waals surface area contributed by atoms with Gasteiger partial charge in [0.15, 0.2) is 0 Å². The molecular formula is C12H23N3O4. The highest BCUT2D eigenvalue weighted by atomic mass is 16.5. The van der Waals surface area contributed by atoms with Gasteiger partial charge < -0.3 is 25.0 Å². The van der Waals surface area contributed by atoms with Crippen molar-refractivity contribution in [2.75, 3.05) is 46.9 Å². The lowest BCUT2D eigenvalue weighted by atomic mass is 10.2. The number of hydrogen-bond donors (Lipinski definition) is 2. The lowest BCUT2D eigenvalue weighted by Gasteiger charge is -2.26. The Hall–Kier alpha value is -1.34. The van der Waals surface area contributed by atoms with E-state index in [0.717, 1.165) is 13.0 Å². The monoisotopic (exact) mass is 273 g/mol. The standard InChI is InChI=1S/C12H23N3O4/c1-14-6-3-4-10(14)8-15(2)12(18)13-5-7-19-9-11(16)17/h10H,3-9H2,1-2H3,(H,13,18)(H,16,17). The van der Waals surface area contributed by atoms with Gasteiger partial charge in [-0.25, -0.2) is 9.59 Å². The third kappa shape index (κ3) is 5.89. The number of carboxylic acid groups (broad SMARTS) is 1. The third-order valence-corrected chi connectivity index (χ3v) is 3.25. The number of ether oxygens (including phenoxy) is 1. The van der Waals surface area contributed by atoms with Crippen molar-refractivity contribution in [2.45, 2.75) is 18.9 Å². The van der Waals surface area contributed by atoms with Crippen LogP contribution >= 0.6 is 0 Å². The molecule has 0 spiro atoms. The highest BCUT2D eigenvalue weighted by molar-refractivity contribution is 5.73. The maximum atomic E-state index is 11.8. The quantitative estimate of drug-likeness (QED) is 0.629. The topological polar surface area (TPSA) is 82.1 Å². The van der Waals surface area contributed by atoms with Gasteiger partial charge >= 0.3 is 12.0 Å². The number of hydrogen-bond acceptors (Lipinski definition) is 4. The van der Waals surface area contributed by atoms with Gasteiger partial charge in [0.2, 0.25) is 0 Å². The summed E-state index contributed by atoms with van der Waals surface area (Å²) in [6.07, 6.45) is 2.30. The molecule has 0 aromatic carbocycles. The number of rotatable bonds is 7. The van der Waals surface area contributed by atoms with Gasteiger partial charge in [0.1, 0.15) is 6.61 Å². The second-order valence-corrected chi connectivity index (χ2v) is 4.84. The van der Waals surface area contributed by atoms with Crippen molar-refractivity contribution < 1.29 is 19.4 Å². The van der Waals surface area contributed by atoms with E-state index in [4.69, 9.17) is 9.84 Å². The molecule has 1 heterocycles. The molecule has 0 bridgehead atoms. The molecule has 0 aromatic heterocycles. The molecule has 1 atom stereocenters. The van der Waals surface area contributed by atoms with Crippen molar-refractivity contribution in [3.05, 3.63) is 0 Å². The Bertz CT molecular complexity index is 311. The van der Waals surface area contributed by atoms with Crippen molar-refractivity contribution in [1.82, 2.24) is 15.1 Å². The average molecular weight is 273 g/mol. The summed E-state index contributed by atoms with van der Waals surface area (Å²) in [5, 5.41) is 11.1. The minimum Gasteiger partial charge on any atom is -0.480 e. The normalized spacial score (nSPS) is 19.4. The minimum atomic E-state index is -1.01. The van der Waals surface area contributed by atoms with Crippen LogP contribution in [0.3, 0.4) is 0 Å². The van der Waals surface area contributed by atoms with Crippen LogP contribution in [0.15, 0.2) is 0 Å². The van der Waals surface area contributed by atoms with E-state index in [-0.39, 0.29) is 19.2 Å². The van der Waals surface area contributed by atoms with Gasteiger partial charge in [-0.3, -0.25) is 0 Å². The first kappa shape index (κ1) is 15.7. The van der Waals surface area contributed by atoms with Gasteiger partial charge in [-0.15, -0.1) is 0 Å². The molecule has 2 N–H and O–H groups in total. The Morgan fingerprint density at radius 3 is 2.84 bits per heavy atom. The van der Waals surface area contributed by atoms with Crippen LogP contribution in [-0.2, 0) is 9.53 Å². The van der Waals surface area contributed by atoms with Crippen molar-refractivity contribution >= 4 is 12.0 Å². The summed E-state index contributed by atoms with van der Waals surface area (Å²) in [7, 11) is 3.84. The molecule has 0 aliphatic carbocycles. The molecule has 1 unspecified atom stereocenters. The molecule has 110 valence electrons. The molecule has 1 rings (SSSR count). The van der Waals surface area contributed by atoms with Crippen LogP contribution < -0.4 is 5.32 Å². The van der Waals surface area contributed by atoms with Crippen LogP contribution in [-0.4, -0.2) is 79.9 Å². The summed E-state index contributed by atoms with van der Waals surface area (Å²) < 4.78 is 4.83. The van der Waals surface area contributed by atoms with E-state index in [1.54, 1.807) is 11.9 Å². The molecular weight excluding hydrogens is 250 g/mol. The number of amides is 2. The number of carbonyl (C=O) groups is 2. The smallest absolute Gasteiger partial charge is 0.329 e. The molecule has 2 amide bonds. The summed E-state index contributed by atoms with van der Waals surface area (Å²) in [6.45, 7) is 1.98. The largest absolute Gasteiger partial charge is 0.480 e. The molecule has 0 aromatic rings. The maximum absolute atomic E-state index is 11.8. The predicted molar refractivity (Wildman–Crippen MR) is 70.1 cm³/mol. The van der Waals surface area contributed by atoms with Gasteiger partial charge in [0.05, 0.1) is 6.61 Å². The minimum absolute atomic E-state index is 0.153. The first-order chi connectivity index (χ1) is 9.00. The third-order valence-electron chi connectivity index (χ3n) is 3.25. The van der Waals surface area contributed by atoms with Crippen LogP contribution in [0, 0.1) is 0 Å². The van der Waals surface area contributed by atoms with Crippen LogP contribution in [0.4, 0.5) is 4.79 Å². The number of likely N-dealkylation sites (N-methyl/N-ethyl adjacent to an activating group) is 2. The van der Waals surface area contributed by atoms with Crippen molar-refractivity contribution in [3.8, 4) is 0 Å². The van der Waals surface area contributed by atoms with E-state index in [0.29, 0.717) is 19.1 Å². The van der Waals surface area contributed by atoms with E-state index in [1.165, 1.54) is 6.42 Å². The first-order valence-corrected chi connectivity index (χ1v) is 6.49. The molecule has 1 fully saturated rings. The number of carbonyl (C=O) groups excluding carboxylic acids is 1. The number of nitrogens with one attached hydrogen (secondary N) is 1. The van der Waals surface area contributed by atoms with E-state index in [1.807, 2.05) is 0 Å². The predicted octanol–water partition coefficient (Wildman–Crippen LogP) is -0.177. The van der Waals surface area contributed by atoms with Crippen LogP contribution in [0.2, 0.25) is 0 Å². The fraction of sp³-hybridized carbons (Fsp3) is 0.833. The number of aliphatic carboxylic acids is 1.